The highest BCUT2D eigenvalue weighted by atomic mass is 16.2. The second-order valence-electron chi connectivity index (χ2n) is 3.03. The Bertz CT molecular complexity index is 196. The summed E-state index contributed by atoms with van der Waals surface area (Å²) in [7, 11) is 0. The minimum absolute atomic E-state index is 0.147. The molecule has 3 nitrogen and oxygen atoms in total. The molecular weight excluding hydrogens is 164 g/mol. The number of carbonyl (C=O) groups excluding carboxylic acids is 1. The monoisotopic (exact) mass is 182 g/mol. The van der Waals surface area contributed by atoms with Crippen LogP contribution in [-0.4, -0.2) is 18.0 Å². The van der Waals surface area contributed by atoms with Crippen molar-refractivity contribution >= 4 is 5.91 Å². The maximum Gasteiger partial charge on any atom is 0.237 e. The summed E-state index contributed by atoms with van der Waals surface area (Å²) in [5.74, 6) is 2.35. The van der Waals surface area contributed by atoms with Crippen molar-refractivity contribution in [3.63, 3.8) is 0 Å². The van der Waals surface area contributed by atoms with Crippen molar-refractivity contribution in [3.05, 3.63) is 0 Å². The van der Waals surface area contributed by atoms with Gasteiger partial charge in [0.15, 0.2) is 0 Å². The Balaban J connectivity index is 3.92. The summed E-state index contributed by atoms with van der Waals surface area (Å²) in [6, 6.07) is -0.609. The molecule has 2 atom stereocenters. The van der Waals surface area contributed by atoms with Gasteiger partial charge in [-0.2, -0.15) is 0 Å². The van der Waals surface area contributed by atoms with Gasteiger partial charge in [-0.3, -0.25) is 4.79 Å². The van der Waals surface area contributed by atoms with Crippen LogP contribution in [0.3, 0.4) is 0 Å². The maximum atomic E-state index is 11.3. The minimum atomic E-state index is -0.424. The molecule has 1 amide bonds. The second-order valence-corrected chi connectivity index (χ2v) is 3.03. The van der Waals surface area contributed by atoms with Crippen LogP contribution in [0.25, 0.3) is 0 Å². The van der Waals surface area contributed by atoms with Crippen LogP contribution in [-0.2, 0) is 4.79 Å². The predicted octanol–water partition coefficient (Wildman–Crippen LogP) is 0.642. The highest BCUT2D eigenvalue weighted by Gasteiger charge is 2.14. The summed E-state index contributed by atoms with van der Waals surface area (Å²) in [4.78, 5) is 11.3. The predicted molar refractivity (Wildman–Crippen MR) is 53.9 cm³/mol. The van der Waals surface area contributed by atoms with Gasteiger partial charge in [0.1, 0.15) is 0 Å². The summed E-state index contributed by atoms with van der Waals surface area (Å²) < 4.78 is 0. The van der Waals surface area contributed by atoms with Gasteiger partial charge in [-0.15, -0.1) is 6.42 Å². The Hall–Kier alpha value is -1.01. The first-order chi connectivity index (χ1) is 6.15. The normalized spacial score (nSPS) is 14.3. The van der Waals surface area contributed by atoms with Gasteiger partial charge in [0.05, 0.1) is 12.1 Å². The second kappa shape index (κ2) is 6.50. The number of rotatable bonds is 5. The SMILES string of the molecule is C#CC(CC)NC(=O)[C@@H](N)CCC. The first kappa shape index (κ1) is 12.0. The lowest BCUT2D eigenvalue weighted by Crippen LogP contribution is -2.44. The molecule has 0 aliphatic carbocycles. The Morgan fingerprint density at radius 1 is 1.62 bits per heavy atom. The van der Waals surface area contributed by atoms with E-state index >= 15 is 0 Å². The van der Waals surface area contributed by atoms with Gasteiger partial charge in [-0.1, -0.05) is 26.2 Å². The zero-order chi connectivity index (χ0) is 10.3. The lowest BCUT2D eigenvalue weighted by molar-refractivity contribution is -0.122. The lowest BCUT2D eigenvalue weighted by Gasteiger charge is -2.14. The van der Waals surface area contributed by atoms with Crippen molar-refractivity contribution in [1.82, 2.24) is 5.32 Å². The van der Waals surface area contributed by atoms with Gasteiger partial charge in [0, 0.05) is 0 Å². The van der Waals surface area contributed by atoms with Crippen LogP contribution < -0.4 is 11.1 Å². The van der Waals surface area contributed by atoms with Crippen LogP contribution in [0.5, 0.6) is 0 Å². The molecule has 0 radical (unpaired) electrons. The average Bonchev–Trinajstić information content (AvgIpc) is 2.14. The van der Waals surface area contributed by atoms with Gasteiger partial charge in [0.2, 0.25) is 5.91 Å². The summed E-state index contributed by atoms with van der Waals surface area (Å²) in [6.07, 6.45) is 7.54. The van der Waals surface area contributed by atoms with Crippen LogP contribution in [0.2, 0.25) is 0 Å². The van der Waals surface area contributed by atoms with Gasteiger partial charge in [0.25, 0.3) is 0 Å². The van der Waals surface area contributed by atoms with Crippen molar-refractivity contribution in [2.45, 2.75) is 45.2 Å². The summed E-state index contributed by atoms with van der Waals surface area (Å²) in [6.45, 7) is 3.92. The number of hydrogen-bond acceptors (Lipinski definition) is 2. The molecule has 0 aliphatic rings. The van der Waals surface area contributed by atoms with Crippen LogP contribution >= 0.6 is 0 Å². The van der Waals surface area contributed by atoms with Crippen LogP contribution in [0.1, 0.15) is 33.1 Å². The molecule has 0 aliphatic heterocycles. The number of nitrogens with two attached hydrogens (primary N) is 1. The Morgan fingerprint density at radius 2 is 2.23 bits per heavy atom. The molecule has 0 spiro atoms. The molecule has 0 aromatic carbocycles. The molecule has 13 heavy (non-hydrogen) atoms. The van der Waals surface area contributed by atoms with E-state index in [0.717, 1.165) is 12.8 Å². The molecule has 0 heterocycles. The Labute approximate surface area is 80.1 Å². The molecular formula is C10H18N2O. The molecule has 0 aromatic rings. The molecule has 3 N–H and O–H groups in total. The van der Waals surface area contributed by atoms with Crippen LogP contribution in [0, 0.1) is 12.3 Å². The van der Waals surface area contributed by atoms with Crippen molar-refractivity contribution in [2.75, 3.05) is 0 Å². The van der Waals surface area contributed by atoms with Crippen LogP contribution in [0.4, 0.5) is 0 Å². The van der Waals surface area contributed by atoms with E-state index in [9.17, 15) is 4.79 Å². The quantitative estimate of drug-likeness (QED) is 0.613. The third-order valence-electron chi connectivity index (χ3n) is 1.86. The number of amides is 1. The fraction of sp³-hybridized carbons (Fsp3) is 0.700. The van der Waals surface area contributed by atoms with Crippen LogP contribution in [0.15, 0.2) is 0 Å². The summed E-state index contributed by atoms with van der Waals surface area (Å²) in [5.41, 5.74) is 5.60. The van der Waals surface area contributed by atoms with Gasteiger partial charge >= 0.3 is 0 Å². The molecule has 0 bridgehead atoms. The van der Waals surface area contributed by atoms with Gasteiger partial charge < -0.3 is 11.1 Å². The summed E-state index contributed by atoms with van der Waals surface area (Å²) in [5, 5.41) is 2.70. The van der Waals surface area contributed by atoms with E-state index in [-0.39, 0.29) is 11.9 Å². The van der Waals surface area contributed by atoms with Gasteiger partial charge in [-0.25, -0.2) is 0 Å². The number of nitrogens with one attached hydrogen (secondary N) is 1. The largest absolute Gasteiger partial charge is 0.341 e. The van der Waals surface area contributed by atoms with Crippen molar-refractivity contribution in [1.29, 1.82) is 0 Å². The molecule has 0 saturated heterocycles. The Kier molecular flexibility index (Phi) is 5.99. The van der Waals surface area contributed by atoms with E-state index in [1.165, 1.54) is 0 Å². The average molecular weight is 182 g/mol. The summed E-state index contributed by atoms with van der Waals surface area (Å²) >= 11 is 0. The third kappa shape index (κ3) is 4.54. The standard InChI is InChI=1S/C10H18N2O/c1-4-7-9(11)10(13)12-8(5-2)6-3/h2,8-9H,4,6-7,11H2,1,3H3,(H,12,13)/t8?,9-/m0/s1. The maximum absolute atomic E-state index is 11.3. The molecule has 3 heteroatoms. The molecule has 1 unspecified atom stereocenters. The van der Waals surface area contributed by atoms with Crippen molar-refractivity contribution in [3.8, 4) is 12.3 Å². The van der Waals surface area contributed by atoms with E-state index in [4.69, 9.17) is 12.2 Å². The smallest absolute Gasteiger partial charge is 0.237 e. The highest BCUT2D eigenvalue weighted by molar-refractivity contribution is 5.82. The van der Waals surface area contributed by atoms with E-state index in [2.05, 4.69) is 11.2 Å². The fourth-order valence-electron chi connectivity index (χ4n) is 0.982. The Morgan fingerprint density at radius 3 is 2.62 bits per heavy atom. The van der Waals surface area contributed by atoms with Crippen molar-refractivity contribution < 1.29 is 4.79 Å². The van der Waals surface area contributed by atoms with Crippen molar-refractivity contribution in [2.24, 2.45) is 5.73 Å². The number of hydrogen-bond donors (Lipinski definition) is 2. The van der Waals surface area contributed by atoms with E-state index < -0.39 is 6.04 Å². The molecule has 0 saturated carbocycles. The topological polar surface area (TPSA) is 55.1 Å². The van der Waals surface area contributed by atoms with E-state index in [0.29, 0.717) is 6.42 Å². The first-order valence-electron chi connectivity index (χ1n) is 4.67. The highest BCUT2D eigenvalue weighted by Crippen LogP contribution is 1.95. The van der Waals surface area contributed by atoms with E-state index in [1.807, 2.05) is 13.8 Å². The van der Waals surface area contributed by atoms with E-state index in [1.54, 1.807) is 0 Å². The fourth-order valence-corrected chi connectivity index (χ4v) is 0.982. The molecule has 74 valence electrons. The molecule has 0 aromatic heterocycles. The molecule has 0 fully saturated rings. The third-order valence-corrected chi connectivity index (χ3v) is 1.86. The molecule has 0 rings (SSSR count). The zero-order valence-corrected chi connectivity index (χ0v) is 8.34. The minimum Gasteiger partial charge on any atom is -0.341 e. The lowest BCUT2D eigenvalue weighted by atomic mass is 10.1. The van der Waals surface area contributed by atoms with Gasteiger partial charge in [-0.05, 0) is 12.8 Å². The number of carbonyl (C=O) groups is 1. The number of terminal acetylenes is 1. The zero-order valence-electron chi connectivity index (χ0n) is 8.34. The first-order valence-corrected chi connectivity index (χ1v) is 4.67.